The molecule has 136 valence electrons. The number of nitrogens with one attached hydrogen (secondary N) is 2. The Labute approximate surface area is 156 Å². The number of urea groups is 1. The number of hydrogen-bond acceptors (Lipinski definition) is 5. The van der Waals surface area contributed by atoms with E-state index in [0.717, 1.165) is 5.56 Å². The van der Waals surface area contributed by atoms with Crippen LogP contribution in [-0.2, 0) is 0 Å². The number of hydrogen-bond donors (Lipinski definition) is 3. The maximum Gasteiger partial charge on any atom is 0.324 e. The van der Waals surface area contributed by atoms with Crippen LogP contribution in [0.25, 0.3) is 0 Å². The molecule has 2 heterocycles. The molecule has 0 saturated heterocycles. The highest BCUT2D eigenvalue weighted by Crippen LogP contribution is 2.12. The number of nitrogens with two attached hydrogens (primary N) is 1. The van der Waals surface area contributed by atoms with E-state index in [2.05, 4.69) is 37.5 Å². The van der Waals surface area contributed by atoms with Gasteiger partial charge >= 0.3 is 6.03 Å². The van der Waals surface area contributed by atoms with Gasteiger partial charge in [0.1, 0.15) is 0 Å². The molecule has 0 bridgehead atoms. The number of nitrogens with zero attached hydrogens (tertiary/aromatic N) is 4. The van der Waals surface area contributed by atoms with Crippen molar-refractivity contribution in [2.75, 3.05) is 16.4 Å². The van der Waals surface area contributed by atoms with Crippen LogP contribution in [0.15, 0.2) is 48.9 Å². The lowest BCUT2D eigenvalue weighted by atomic mass is 10.2. The second-order valence-electron chi connectivity index (χ2n) is 6.01. The van der Waals surface area contributed by atoms with Gasteiger partial charge in [-0.2, -0.15) is 5.10 Å². The molecule has 0 aliphatic rings. The summed E-state index contributed by atoms with van der Waals surface area (Å²) in [6.07, 6.45) is 4.93. The lowest BCUT2D eigenvalue weighted by Gasteiger charge is -2.07. The molecular formula is C19H19N7O. The normalized spacial score (nSPS) is 10.2. The van der Waals surface area contributed by atoms with Gasteiger partial charge in [-0.25, -0.2) is 14.8 Å². The van der Waals surface area contributed by atoms with Gasteiger partial charge in [0.25, 0.3) is 0 Å². The minimum atomic E-state index is -0.374. The summed E-state index contributed by atoms with van der Waals surface area (Å²) in [5.74, 6) is 6.64. The van der Waals surface area contributed by atoms with Gasteiger partial charge < -0.3 is 11.1 Å². The summed E-state index contributed by atoms with van der Waals surface area (Å²) in [6.45, 7) is 4.03. The van der Waals surface area contributed by atoms with Crippen LogP contribution in [0.4, 0.5) is 22.2 Å². The van der Waals surface area contributed by atoms with Crippen LogP contribution < -0.4 is 16.4 Å². The standard InChI is InChI=1S/C19H19N7O/c1-13(2)26-9-8-17(25-26)24-19(27)23-16-5-3-4-14(10-16)6-7-15-11-21-18(20)22-12-15/h3-5,8-13H,1-2H3,(H2,20,21,22)(H2,23,24,25,27). The monoisotopic (exact) mass is 361 g/mol. The average Bonchev–Trinajstić information content (AvgIpc) is 3.10. The zero-order valence-corrected chi connectivity index (χ0v) is 15.0. The minimum Gasteiger partial charge on any atom is -0.368 e. The number of carbonyl (C=O) groups is 1. The van der Waals surface area contributed by atoms with Crippen molar-refractivity contribution in [1.82, 2.24) is 19.7 Å². The van der Waals surface area contributed by atoms with E-state index in [4.69, 9.17) is 5.73 Å². The van der Waals surface area contributed by atoms with E-state index >= 15 is 0 Å². The molecule has 0 radical (unpaired) electrons. The summed E-state index contributed by atoms with van der Waals surface area (Å²) in [7, 11) is 0. The van der Waals surface area contributed by atoms with Gasteiger partial charge in [0.2, 0.25) is 5.95 Å². The van der Waals surface area contributed by atoms with Gasteiger partial charge in [-0.15, -0.1) is 0 Å². The van der Waals surface area contributed by atoms with Gasteiger partial charge in [0.05, 0.1) is 5.56 Å². The number of nitrogen functional groups attached to an aromatic ring is 1. The third-order valence-corrected chi connectivity index (χ3v) is 3.52. The van der Waals surface area contributed by atoms with Crippen molar-refractivity contribution >= 4 is 23.5 Å². The first-order chi connectivity index (χ1) is 13.0. The fourth-order valence-electron chi connectivity index (χ4n) is 2.19. The molecule has 0 fully saturated rings. The van der Waals surface area contributed by atoms with E-state index in [1.807, 2.05) is 32.2 Å². The molecule has 27 heavy (non-hydrogen) atoms. The van der Waals surface area contributed by atoms with Crippen LogP contribution in [0.2, 0.25) is 0 Å². The fourth-order valence-corrected chi connectivity index (χ4v) is 2.19. The molecule has 3 rings (SSSR count). The Balaban J connectivity index is 1.64. The molecule has 1 aromatic carbocycles. The Morgan fingerprint density at radius 2 is 1.85 bits per heavy atom. The Kier molecular flexibility index (Phi) is 5.33. The van der Waals surface area contributed by atoms with E-state index in [1.54, 1.807) is 35.3 Å². The zero-order chi connectivity index (χ0) is 19.2. The lowest BCUT2D eigenvalue weighted by molar-refractivity contribution is 0.262. The average molecular weight is 361 g/mol. The van der Waals surface area contributed by atoms with Crippen molar-refractivity contribution in [2.45, 2.75) is 19.9 Å². The van der Waals surface area contributed by atoms with Crippen molar-refractivity contribution < 1.29 is 4.79 Å². The van der Waals surface area contributed by atoms with Crippen molar-refractivity contribution in [3.63, 3.8) is 0 Å². The maximum atomic E-state index is 12.1. The van der Waals surface area contributed by atoms with Crippen LogP contribution in [0, 0.1) is 11.8 Å². The number of amides is 2. The van der Waals surface area contributed by atoms with E-state index in [-0.39, 0.29) is 18.0 Å². The maximum absolute atomic E-state index is 12.1. The molecular weight excluding hydrogens is 342 g/mol. The zero-order valence-electron chi connectivity index (χ0n) is 15.0. The van der Waals surface area contributed by atoms with Gasteiger partial charge in [0.15, 0.2) is 5.82 Å². The first kappa shape index (κ1) is 17.9. The highest BCUT2D eigenvalue weighted by Gasteiger charge is 2.06. The highest BCUT2D eigenvalue weighted by atomic mass is 16.2. The van der Waals surface area contributed by atoms with Crippen molar-refractivity contribution in [1.29, 1.82) is 0 Å². The molecule has 0 spiro atoms. The van der Waals surface area contributed by atoms with Crippen LogP contribution >= 0.6 is 0 Å². The molecule has 0 aliphatic carbocycles. The van der Waals surface area contributed by atoms with Crippen LogP contribution in [0.3, 0.4) is 0 Å². The second kappa shape index (κ2) is 8.01. The number of carbonyl (C=O) groups excluding carboxylic acids is 1. The first-order valence-corrected chi connectivity index (χ1v) is 8.32. The third-order valence-electron chi connectivity index (χ3n) is 3.52. The van der Waals surface area contributed by atoms with Crippen LogP contribution in [0.1, 0.15) is 31.0 Å². The quantitative estimate of drug-likeness (QED) is 0.621. The van der Waals surface area contributed by atoms with Crippen LogP contribution in [-0.4, -0.2) is 25.8 Å². The summed E-state index contributed by atoms with van der Waals surface area (Å²) in [5.41, 5.74) is 7.47. The predicted octanol–water partition coefficient (Wildman–Crippen LogP) is 2.88. The van der Waals surface area contributed by atoms with Crippen molar-refractivity contribution in [2.24, 2.45) is 0 Å². The highest BCUT2D eigenvalue weighted by molar-refractivity contribution is 5.99. The van der Waals surface area contributed by atoms with E-state index < -0.39 is 0 Å². The smallest absolute Gasteiger partial charge is 0.324 e. The minimum absolute atomic E-state index is 0.205. The largest absolute Gasteiger partial charge is 0.368 e. The molecule has 3 aromatic rings. The number of rotatable bonds is 3. The second-order valence-corrected chi connectivity index (χ2v) is 6.01. The first-order valence-electron chi connectivity index (χ1n) is 8.32. The molecule has 4 N–H and O–H groups in total. The predicted molar refractivity (Wildman–Crippen MR) is 104 cm³/mol. The van der Waals surface area contributed by atoms with Crippen molar-refractivity contribution in [3.05, 3.63) is 60.0 Å². The Bertz CT molecular complexity index is 997. The SMILES string of the molecule is CC(C)n1ccc(NC(=O)Nc2cccc(C#Cc3cnc(N)nc3)c2)n1. The molecule has 0 unspecified atom stereocenters. The molecule has 8 heteroatoms. The number of anilines is 3. The van der Waals surface area contributed by atoms with Gasteiger partial charge in [-0.1, -0.05) is 17.9 Å². The van der Waals surface area contributed by atoms with Crippen LogP contribution in [0.5, 0.6) is 0 Å². The Morgan fingerprint density at radius 3 is 2.56 bits per heavy atom. The Morgan fingerprint density at radius 1 is 1.11 bits per heavy atom. The lowest BCUT2D eigenvalue weighted by Crippen LogP contribution is -2.20. The molecule has 0 atom stereocenters. The molecule has 2 amide bonds. The van der Waals surface area contributed by atoms with Crippen molar-refractivity contribution in [3.8, 4) is 11.8 Å². The molecule has 0 saturated carbocycles. The summed E-state index contributed by atoms with van der Waals surface area (Å²) in [4.78, 5) is 19.9. The molecule has 8 nitrogen and oxygen atoms in total. The van der Waals surface area contributed by atoms with Gasteiger partial charge in [-0.3, -0.25) is 10.00 Å². The number of benzene rings is 1. The number of aromatic nitrogens is 4. The fraction of sp³-hybridized carbons (Fsp3) is 0.158. The Hall–Kier alpha value is -3.86. The van der Waals surface area contributed by atoms with E-state index in [9.17, 15) is 4.79 Å². The summed E-state index contributed by atoms with van der Waals surface area (Å²) in [6, 6.07) is 8.81. The summed E-state index contributed by atoms with van der Waals surface area (Å²) < 4.78 is 1.77. The van der Waals surface area contributed by atoms with E-state index in [0.29, 0.717) is 17.1 Å². The third kappa shape index (κ3) is 5.06. The molecule has 2 aromatic heterocycles. The summed E-state index contributed by atoms with van der Waals surface area (Å²) >= 11 is 0. The van der Waals surface area contributed by atoms with E-state index in [1.165, 1.54) is 0 Å². The topological polar surface area (TPSA) is 111 Å². The van der Waals surface area contributed by atoms with Gasteiger partial charge in [0, 0.05) is 41.9 Å². The summed E-state index contributed by atoms with van der Waals surface area (Å²) in [5, 5.41) is 9.75. The molecule has 0 aliphatic heterocycles. The van der Waals surface area contributed by atoms with Gasteiger partial charge in [-0.05, 0) is 32.0 Å².